The van der Waals surface area contributed by atoms with Crippen molar-refractivity contribution in [3.05, 3.63) is 53.7 Å². The van der Waals surface area contributed by atoms with E-state index in [4.69, 9.17) is 4.74 Å². The minimum atomic E-state index is -0.274. The molecule has 23 heavy (non-hydrogen) atoms. The van der Waals surface area contributed by atoms with Crippen LogP contribution in [0.5, 0.6) is 0 Å². The number of carbonyl (C=O) groups excluding carboxylic acids is 1. The van der Waals surface area contributed by atoms with E-state index in [0.717, 1.165) is 40.1 Å². The molecule has 0 N–H and O–H groups in total. The number of aromatic nitrogens is 3. The summed E-state index contributed by atoms with van der Waals surface area (Å²) in [5.41, 5.74) is 3.58. The largest absolute Gasteiger partial charge is 0.469 e. The maximum atomic E-state index is 11.9. The van der Waals surface area contributed by atoms with E-state index in [9.17, 15) is 4.79 Å². The SMILES string of the molecule is CCc1nccn1-c1c(CC(=O)OC)c(C)nc2ccccc12. The number of ether oxygens (including phenoxy) is 1. The van der Waals surface area contributed by atoms with Gasteiger partial charge in [-0.05, 0) is 13.0 Å². The number of carbonyl (C=O) groups is 1. The van der Waals surface area contributed by atoms with Crippen LogP contribution in [0.4, 0.5) is 0 Å². The molecule has 5 nitrogen and oxygen atoms in total. The van der Waals surface area contributed by atoms with Crippen molar-refractivity contribution < 1.29 is 9.53 Å². The van der Waals surface area contributed by atoms with Crippen LogP contribution < -0.4 is 0 Å². The molecule has 0 spiro atoms. The number of benzene rings is 1. The van der Waals surface area contributed by atoms with Gasteiger partial charge in [-0.25, -0.2) is 4.98 Å². The molecule has 2 heterocycles. The minimum absolute atomic E-state index is 0.191. The minimum Gasteiger partial charge on any atom is -0.469 e. The average Bonchev–Trinajstić information content (AvgIpc) is 3.03. The molecule has 0 aliphatic heterocycles. The number of esters is 1. The number of rotatable bonds is 4. The van der Waals surface area contributed by atoms with Gasteiger partial charge < -0.3 is 9.30 Å². The van der Waals surface area contributed by atoms with E-state index in [2.05, 4.69) is 21.5 Å². The van der Waals surface area contributed by atoms with Gasteiger partial charge in [-0.3, -0.25) is 9.78 Å². The van der Waals surface area contributed by atoms with Crippen LogP contribution in [0.2, 0.25) is 0 Å². The van der Waals surface area contributed by atoms with Crippen LogP contribution in [0.1, 0.15) is 24.0 Å². The van der Waals surface area contributed by atoms with Crippen LogP contribution in [-0.2, 0) is 22.4 Å². The first-order valence-corrected chi connectivity index (χ1v) is 7.63. The molecule has 5 heteroatoms. The second-order valence-electron chi connectivity index (χ2n) is 5.36. The van der Waals surface area contributed by atoms with E-state index in [-0.39, 0.29) is 12.4 Å². The Bertz CT molecular complexity index is 868. The molecule has 0 unspecified atom stereocenters. The number of methoxy groups -OCH3 is 1. The van der Waals surface area contributed by atoms with Gasteiger partial charge in [-0.15, -0.1) is 0 Å². The summed E-state index contributed by atoms with van der Waals surface area (Å²) >= 11 is 0. The van der Waals surface area contributed by atoms with Gasteiger partial charge >= 0.3 is 5.97 Å². The fraction of sp³-hybridized carbons (Fsp3) is 0.278. The molecule has 2 aromatic heterocycles. The summed E-state index contributed by atoms with van der Waals surface area (Å²) in [6.45, 7) is 3.99. The van der Waals surface area contributed by atoms with Gasteiger partial charge in [0.1, 0.15) is 5.82 Å². The molecule has 3 rings (SSSR count). The molecular formula is C18H19N3O2. The predicted molar refractivity (Wildman–Crippen MR) is 88.7 cm³/mol. The Hall–Kier alpha value is -2.69. The Balaban J connectivity index is 2.34. The third-order valence-electron chi connectivity index (χ3n) is 3.99. The smallest absolute Gasteiger partial charge is 0.310 e. The molecule has 3 aromatic rings. The normalized spacial score (nSPS) is 10.9. The quantitative estimate of drug-likeness (QED) is 0.695. The maximum absolute atomic E-state index is 11.9. The van der Waals surface area contributed by atoms with Crippen molar-refractivity contribution in [2.75, 3.05) is 7.11 Å². The number of imidazole rings is 1. The highest BCUT2D eigenvalue weighted by molar-refractivity contribution is 5.91. The number of hydrogen-bond acceptors (Lipinski definition) is 4. The van der Waals surface area contributed by atoms with Crippen molar-refractivity contribution in [3.63, 3.8) is 0 Å². The Morgan fingerprint density at radius 1 is 1.30 bits per heavy atom. The summed E-state index contributed by atoms with van der Waals surface area (Å²) in [6, 6.07) is 7.95. The Morgan fingerprint density at radius 3 is 2.83 bits per heavy atom. The number of para-hydroxylation sites is 1. The van der Waals surface area contributed by atoms with Gasteiger partial charge in [-0.2, -0.15) is 0 Å². The van der Waals surface area contributed by atoms with Gasteiger partial charge in [0.05, 0.1) is 24.7 Å². The number of aryl methyl sites for hydroxylation is 2. The second kappa shape index (κ2) is 6.20. The lowest BCUT2D eigenvalue weighted by molar-refractivity contribution is -0.139. The van der Waals surface area contributed by atoms with Crippen LogP contribution in [0.15, 0.2) is 36.7 Å². The summed E-state index contributed by atoms with van der Waals surface area (Å²) < 4.78 is 6.91. The van der Waals surface area contributed by atoms with Crippen molar-refractivity contribution in [2.45, 2.75) is 26.7 Å². The van der Waals surface area contributed by atoms with Gasteiger partial charge in [0.15, 0.2) is 0 Å². The summed E-state index contributed by atoms with van der Waals surface area (Å²) in [6.07, 6.45) is 4.71. The zero-order valence-corrected chi connectivity index (χ0v) is 13.5. The van der Waals surface area contributed by atoms with E-state index in [1.807, 2.05) is 37.4 Å². The van der Waals surface area contributed by atoms with Crippen molar-refractivity contribution in [3.8, 4) is 5.69 Å². The zero-order chi connectivity index (χ0) is 16.4. The van der Waals surface area contributed by atoms with E-state index in [1.165, 1.54) is 7.11 Å². The molecule has 0 bridgehead atoms. The molecule has 0 atom stereocenters. The fourth-order valence-electron chi connectivity index (χ4n) is 2.86. The van der Waals surface area contributed by atoms with Crippen molar-refractivity contribution in [1.29, 1.82) is 0 Å². The monoisotopic (exact) mass is 309 g/mol. The van der Waals surface area contributed by atoms with Gasteiger partial charge in [0.25, 0.3) is 0 Å². The van der Waals surface area contributed by atoms with E-state index in [0.29, 0.717) is 0 Å². The highest BCUT2D eigenvalue weighted by Crippen LogP contribution is 2.28. The first-order valence-electron chi connectivity index (χ1n) is 7.63. The third kappa shape index (κ3) is 2.70. The number of nitrogens with zero attached hydrogens (tertiary/aromatic N) is 3. The van der Waals surface area contributed by atoms with Crippen LogP contribution in [0.25, 0.3) is 16.6 Å². The lowest BCUT2D eigenvalue weighted by Crippen LogP contribution is -2.12. The highest BCUT2D eigenvalue weighted by atomic mass is 16.5. The summed E-state index contributed by atoms with van der Waals surface area (Å²) in [5.74, 6) is 0.677. The number of fused-ring (bicyclic) bond motifs is 1. The molecule has 1 aromatic carbocycles. The Morgan fingerprint density at radius 2 is 2.09 bits per heavy atom. The zero-order valence-electron chi connectivity index (χ0n) is 13.5. The van der Waals surface area contributed by atoms with Crippen molar-refractivity contribution in [2.24, 2.45) is 0 Å². The van der Waals surface area contributed by atoms with Gasteiger partial charge in [-0.1, -0.05) is 25.1 Å². The van der Waals surface area contributed by atoms with Crippen LogP contribution in [0.3, 0.4) is 0 Å². The molecule has 0 radical (unpaired) electrons. The fourth-order valence-corrected chi connectivity index (χ4v) is 2.86. The first-order chi connectivity index (χ1) is 11.2. The summed E-state index contributed by atoms with van der Waals surface area (Å²) in [4.78, 5) is 20.9. The van der Waals surface area contributed by atoms with Crippen LogP contribution >= 0.6 is 0 Å². The Labute approximate surface area is 134 Å². The molecule has 0 aliphatic carbocycles. The average molecular weight is 309 g/mol. The molecule has 0 amide bonds. The molecule has 0 aliphatic rings. The molecule has 0 saturated heterocycles. The first kappa shape index (κ1) is 15.2. The number of pyridine rings is 1. The lowest BCUT2D eigenvalue weighted by atomic mass is 10.0. The van der Waals surface area contributed by atoms with Crippen molar-refractivity contribution >= 4 is 16.9 Å². The van der Waals surface area contributed by atoms with Crippen molar-refractivity contribution in [1.82, 2.24) is 14.5 Å². The molecule has 0 saturated carbocycles. The van der Waals surface area contributed by atoms with Gasteiger partial charge in [0, 0.05) is 35.5 Å². The summed E-state index contributed by atoms with van der Waals surface area (Å²) in [7, 11) is 1.40. The topological polar surface area (TPSA) is 57.0 Å². The standard InChI is InChI=1S/C18H19N3O2/c1-4-16-19-9-10-21(16)18-13-7-5-6-8-15(13)20-12(2)14(18)11-17(22)23-3/h5-10H,4,11H2,1-3H3. The summed E-state index contributed by atoms with van der Waals surface area (Å²) in [5, 5.41) is 1.00. The third-order valence-corrected chi connectivity index (χ3v) is 3.99. The Kier molecular flexibility index (Phi) is 4.10. The molecule has 118 valence electrons. The van der Waals surface area contributed by atoms with Gasteiger partial charge in [0.2, 0.25) is 0 Å². The van der Waals surface area contributed by atoms with E-state index >= 15 is 0 Å². The second-order valence-corrected chi connectivity index (χ2v) is 5.36. The van der Waals surface area contributed by atoms with E-state index in [1.54, 1.807) is 6.20 Å². The predicted octanol–water partition coefficient (Wildman–Crippen LogP) is 3.01. The highest BCUT2D eigenvalue weighted by Gasteiger charge is 2.18. The van der Waals surface area contributed by atoms with Crippen LogP contribution in [0, 0.1) is 6.92 Å². The van der Waals surface area contributed by atoms with Crippen LogP contribution in [-0.4, -0.2) is 27.6 Å². The maximum Gasteiger partial charge on any atom is 0.310 e. The number of hydrogen-bond donors (Lipinski definition) is 0. The molecule has 0 fully saturated rings. The molecular weight excluding hydrogens is 290 g/mol. The van der Waals surface area contributed by atoms with E-state index < -0.39 is 0 Å². The lowest BCUT2D eigenvalue weighted by Gasteiger charge is -2.17.